The van der Waals surface area contributed by atoms with E-state index in [4.69, 9.17) is 4.74 Å². The van der Waals surface area contributed by atoms with Crippen LogP contribution in [0, 0.1) is 10.1 Å². The monoisotopic (exact) mass is 444 g/mol. The third-order valence-corrected chi connectivity index (χ3v) is 4.93. The van der Waals surface area contributed by atoms with Crippen LogP contribution < -0.4 is 10.1 Å². The summed E-state index contributed by atoms with van der Waals surface area (Å²) in [6.45, 7) is 6.02. The first-order valence-corrected chi connectivity index (χ1v) is 10.4. The van der Waals surface area contributed by atoms with Gasteiger partial charge >= 0.3 is 0 Å². The van der Waals surface area contributed by atoms with Gasteiger partial charge in [-0.05, 0) is 67.1 Å². The Morgan fingerprint density at radius 1 is 0.970 bits per heavy atom. The highest BCUT2D eigenvalue weighted by Gasteiger charge is 2.27. The lowest BCUT2D eigenvalue weighted by atomic mass is 10.0. The predicted molar refractivity (Wildman–Crippen MR) is 124 cm³/mol. The molecule has 1 heterocycles. The van der Waals surface area contributed by atoms with E-state index in [1.165, 1.54) is 12.1 Å². The van der Waals surface area contributed by atoms with Crippen LogP contribution in [0.5, 0.6) is 11.5 Å². The Bertz CT molecular complexity index is 1250. The van der Waals surface area contributed by atoms with Gasteiger partial charge in [-0.25, -0.2) is 4.68 Å². The van der Waals surface area contributed by atoms with Gasteiger partial charge in [0.1, 0.15) is 17.5 Å². The van der Waals surface area contributed by atoms with Crippen molar-refractivity contribution >= 4 is 11.4 Å². The molecule has 0 bridgehead atoms. The van der Waals surface area contributed by atoms with Crippen LogP contribution in [0.3, 0.4) is 0 Å². The van der Waals surface area contributed by atoms with E-state index in [9.17, 15) is 10.1 Å². The molecule has 1 unspecified atom stereocenters. The Labute approximate surface area is 191 Å². The summed E-state index contributed by atoms with van der Waals surface area (Å²) in [5, 5.41) is 27.0. The van der Waals surface area contributed by atoms with Crippen LogP contribution in [-0.4, -0.2) is 25.1 Å². The van der Waals surface area contributed by atoms with E-state index < -0.39 is 11.0 Å². The highest BCUT2D eigenvalue weighted by Crippen LogP contribution is 2.32. The number of rotatable bonds is 7. The second-order valence-corrected chi connectivity index (χ2v) is 8.49. The number of nitro groups is 1. The van der Waals surface area contributed by atoms with Gasteiger partial charge in [-0.2, -0.15) is 0 Å². The Hall–Kier alpha value is -4.27. The molecule has 168 valence electrons. The van der Waals surface area contributed by atoms with Crippen LogP contribution in [0.15, 0.2) is 78.9 Å². The van der Waals surface area contributed by atoms with E-state index in [-0.39, 0.29) is 11.2 Å². The SMILES string of the molecule is CC(C)(C)n1nnnc1C(Nc1cccc([N+](=O)[O-])c1)c1cccc(Oc2ccccc2)c1. The summed E-state index contributed by atoms with van der Waals surface area (Å²) < 4.78 is 7.75. The van der Waals surface area contributed by atoms with E-state index in [0.717, 1.165) is 11.3 Å². The van der Waals surface area contributed by atoms with Crippen LogP contribution in [0.2, 0.25) is 0 Å². The lowest BCUT2D eigenvalue weighted by Gasteiger charge is -2.25. The first-order valence-electron chi connectivity index (χ1n) is 10.4. The largest absolute Gasteiger partial charge is 0.457 e. The summed E-state index contributed by atoms with van der Waals surface area (Å²) in [6.07, 6.45) is 0. The highest BCUT2D eigenvalue weighted by atomic mass is 16.6. The van der Waals surface area contributed by atoms with Crippen LogP contribution in [-0.2, 0) is 5.54 Å². The number of benzene rings is 3. The molecule has 4 rings (SSSR count). The Morgan fingerprint density at radius 2 is 1.70 bits per heavy atom. The van der Waals surface area contributed by atoms with Crippen molar-refractivity contribution in [3.05, 3.63) is 100 Å². The number of nitrogens with one attached hydrogen (secondary N) is 1. The van der Waals surface area contributed by atoms with Crippen molar-refractivity contribution in [2.24, 2.45) is 0 Å². The van der Waals surface area contributed by atoms with Gasteiger partial charge in [0, 0.05) is 17.8 Å². The summed E-state index contributed by atoms with van der Waals surface area (Å²) in [5.41, 5.74) is 1.04. The summed E-state index contributed by atoms with van der Waals surface area (Å²) in [4.78, 5) is 10.8. The minimum absolute atomic E-state index is 0.00433. The minimum Gasteiger partial charge on any atom is -0.457 e. The third kappa shape index (κ3) is 5.15. The smallest absolute Gasteiger partial charge is 0.271 e. The Morgan fingerprint density at radius 3 is 2.42 bits per heavy atom. The van der Waals surface area contributed by atoms with E-state index in [0.29, 0.717) is 17.3 Å². The zero-order valence-corrected chi connectivity index (χ0v) is 18.5. The number of hydrogen-bond acceptors (Lipinski definition) is 7. The number of nitro benzene ring substituents is 1. The summed E-state index contributed by atoms with van der Waals surface area (Å²) in [5.74, 6) is 1.95. The fraction of sp³-hybridized carbons (Fsp3) is 0.208. The normalized spacial score (nSPS) is 12.2. The third-order valence-electron chi connectivity index (χ3n) is 4.93. The predicted octanol–water partition coefficient (Wildman–Crippen LogP) is 5.33. The molecule has 0 aliphatic heterocycles. The Kier molecular flexibility index (Phi) is 6.03. The van der Waals surface area contributed by atoms with E-state index in [2.05, 4.69) is 20.8 Å². The molecule has 0 fully saturated rings. The van der Waals surface area contributed by atoms with E-state index in [1.807, 2.05) is 75.4 Å². The lowest BCUT2D eigenvalue weighted by Crippen LogP contribution is -2.29. The molecule has 0 amide bonds. The number of aromatic nitrogens is 4. The van der Waals surface area contributed by atoms with Crippen molar-refractivity contribution in [3.8, 4) is 11.5 Å². The number of ether oxygens (including phenoxy) is 1. The maximum atomic E-state index is 11.3. The molecule has 0 aliphatic carbocycles. The number of para-hydroxylation sites is 1. The fourth-order valence-electron chi connectivity index (χ4n) is 3.41. The van der Waals surface area contributed by atoms with Gasteiger partial charge in [-0.15, -0.1) is 5.10 Å². The molecule has 9 heteroatoms. The van der Waals surface area contributed by atoms with Crippen molar-refractivity contribution in [1.82, 2.24) is 20.2 Å². The van der Waals surface area contributed by atoms with Gasteiger partial charge in [0.15, 0.2) is 5.82 Å². The maximum absolute atomic E-state index is 11.3. The molecule has 9 nitrogen and oxygen atoms in total. The highest BCUT2D eigenvalue weighted by molar-refractivity contribution is 5.54. The molecule has 1 N–H and O–H groups in total. The van der Waals surface area contributed by atoms with Crippen molar-refractivity contribution < 1.29 is 9.66 Å². The lowest BCUT2D eigenvalue weighted by molar-refractivity contribution is -0.384. The summed E-state index contributed by atoms with van der Waals surface area (Å²) in [7, 11) is 0. The van der Waals surface area contributed by atoms with Crippen LogP contribution in [0.4, 0.5) is 11.4 Å². The number of nitrogens with zero attached hydrogens (tertiary/aromatic N) is 5. The average molecular weight is 444 g/mol. The second kappa shape index (κ2) is 9.07. The van der Waals surface area contributed by atoms with Crippen LogP contribution in [0.25, 0.3) is 0 Å². The van der Waals surface area contributed by atoms with Crippen LogP contribution in [0.1, 0.15) is 38.2 Å². The molecular weight excluding hydrogens is 420 g/mol. The number of hydrogen-bond donors (Lipinski definition) is 1. The minimum atomic E-state index is -0.486. The molecule has 0 spiro atoms. The molecule has 0 radical (unpaired) electrons. The van der Waals surface area contributed by atoms with Crippen molar-refractivity contribution in [1.29, 1.82) is 0 Å². The standard InChI is InChI=1S/C24H24N6O3/c1-24(2,3)29-23(26-27-28-29)22(25-18-10-8-11-19(16-18)30(31)32)17-9-7-14-21(15-17)33-20-12-5-4-6-13-20/h4-16,22,25H,1-3H3. The molecule has 0 saturated carbocycles. The fourth-order valence-corrected chi connectivity index (χ4v) is 3.41. The quantitative estimate of drug-likeness (QED) is 0.303. The van der Waals surface area contributed by atoms with Crippen molar-refractivity contribution in [2.45, 2.75) is 32.4 Å². The molecule has 33 heavy (non-hydrogen) atoms. The van der Waals surface area contributed by atoms with Gasteiger partial charge < -0.3 is 10.1 Å². The average Bonchev–Trinajstić information content (AvgIpc) is 3.29. The molecular formula is C24H24N6O3. The molecule has 0 aliphatic rings. The topological polar surface area (TPSA) is 108 Å². The number of non-ortho nitro benzene ring substituents is 1. The molecule has 4 aromatic rings. The summed E-state index contributed by atoms with van der Waals surface area (Å²) in [6, 6.07) is 23.0. The van der Waals surface area contributed by atoms with Gasteiger partial charge in [0.25, 0.3) is 5.69 Å². The van der Waals surface area contributed by atoms with Crippen molar-refractivity contribution in [2.75, 3.05) is 5.32 Å². The molecule has 1 aromatic heterocycles. The van der Waals surface area contributed by atoms with E-state index >= 15 is 0 Å². The zero-order valence-electron chi connectivity index (χ0n) is 18.5. The van der Waals surface area contributed by atoms with Crippen molar-refractivity contribution in [3.63, 3.8) is 0 Å². The Balaban J connectivity index is 1.75. The molecule has 0 saturated heterocycles. The maximum Gasteiger partial charge on any atom is 0.271 e. The second-order valence-electron chi connectivity index (χ2n) is 8.49. The number of tetrazole rings is 1. The van der Waals surface area contributed by atoms with Gasteiger partial charge in [-0.3, -0.25) is 10.1 Å². The van der Waals surface area contributed by atoms with Gasteiger partial charge in [-0.1, -0.05) is 36.4 Å². The molecule has 3 aromatic carbocycles. The van der Waals surface area contributed by atoms with Crippen LogP contribution >= 0.6 is 0 Å². The first kappa shape index (κ1) is 21.9. The van der Waals surface area contributed by atoms with E-state index in [1.54, 1.807) is 16.8 Å². The first-order chi connectivity index (χ1) is 15.8. The molecule has 1 atom stereocenters. The number of anilines is 1. The van der Waals surface area contributed by atoms with Gasteiger partial charge in [0.2, 0.25) is 0 Å². The zero-order chi connectivity index (χ0) is 23.4. The van der Waals surface area contributed by atoms with Gasteiger partial charge in [0.05, 0.1) is 10.5 Å². The summed E-state index contributed by atoms with van der Waals surface area (Å²) >= 11 is 0.